The van der Waals surface area contributed by atoms with Crippen molar-refractivity contribution < 1.29 is 14.3 Å². The maximum atomic E-state index is 13.0. The number of amides is 1. The first-order valence-electron chi connectivity index (χ1n) is 9.58. The zero-order valence-electron chi connectivity index (χ0n) is 16.5. The fraction of sp³-hybridized carbons (Fsp3) is 0.318. The molecule has 1 fully saturated rings. The van der Waals surface area contributed by atoms with Gasteiger partial charge in [0.05, 0.1) is 37.5 Å². The molecule has 2 heterocycles. The summed E-state index contributed by atoms with van der Waals surface area (Å²) in [5.74, 6) is 1.20. The first-order chi connectivity index (χ1) is 14.1. The highest BCUT2D eigenvalue weighted by Crippen LogP contribution is 2.37. The van der Waals surface area contributed by atoms with Crippen LogP contribution in [-0.4, -0.2) is 41.1 Å². The van der Waals surface area contributed by atoms with Crippen LogP contribution in [0.25, 0.3) is 10.9 Å². The largest absolute Gasteiger partial charge is 0.493 e. The number of fused-ring (bicyclic) bond motifs is 1. The van der Waals surface area contributed by atoms with Crippen LogP contribution in [0.15, 0.2) is 53.6 Å². The van der Waals surface area contributed by atoms with Crippen molar-refractivity contribution in [2.24, 2.45) is 0 Å². The number of hydrogen-bond acceptors (Lipinski definition) is 5. The lowest BCUT2D eigenvalue weighted by Crippen LogP contribution is -2.36. The van der Waals surface area contributed by atoms with Crippen LogP contribution < -0.4 is 15.0 Å². The highest BCUT2D eigenvalue weighted by molar-refractivity contribution is 5.79. The van der Waals surface area contributed by atoms with E-state index in [2.05, 4.69) is 4.98 Å². The number of ether oxygens (including phenoxy) is 2. The number of aromatic nitrogens is 2. The van der Waals surface area contributed by atoms with E-state index in [9.17, 15) is 9.59 Å². The van der Waals surface area contributed by atoms with Crippen molar-refractivity contribution in [2.45, 2.75) is 25.4 Å². The summed E-state index contributed by atoms with van der Waals surface area (Å²) in [5.41, 5.74) is 1.42. The Morgan fingerprint density at radius 3 is 2.72 bits per heavy atom. The van der Waals surface area contributed by atoms with Gasteiger partial charge in [0.1, 0.15) is 6.54 Å². The Kier molecular flexibility index (Phi) is 5.20. The predicted molar refractivity (Wildman–Crippen MR) is 109 cm³/mol. The molecule has 0 aliphatic carbocycles. The first kappa shape index (κ1) is 19.0. The molecule has 150 valence electrons. The molecule has 1 aliphatic rings. The molecule has 1 amide bonds. The predicted octanol–water partition coefficient (Wildman–Crippen LogP) is 2.78. The van der Waals surface area contributed by atoms with Crippen molar-refractivity contribution in [1.29, 1.82) is 0 Å². The van der Waals surface area contributed by atoms with Crippen LogP contribution in [0, 0.1) is 0 Å². The molecule has 3 aromatic rings. The van der Waals surface area contributed by atoms with E-state index in [1.807, 2.05) is 29.2 Å². The molecule has 4 rings (SSSR count). The molecule has 7 heteroatoms. The Labute approximate surface area is 168 Å². The second kappa shape index (κ2) is 7.95. The van der Waals surface area contributed by atoms with Crippen LogP contribution >= 0.6 is 0 Å². The van der Waals surface area contributed by atoms with Crippen LogP contribution in [0.5, 0.6) is 11.5 Å². The minimum atomic E-state index is -0.203. The third kappa shape index (κ3) is 3.55. The van der Waals surface area contributed by atoms with E-state index in [0.29, 0.717) is 28.9 Å². The first-order valence-corrected chi connectivity index (χ1v) is 9.58. The van der Waals surface area contributed by atoms with E-state index in [-0.39, 0.29) is 24.1 Å². The molecule has 0 saturated carbocycles. The molecule has 1 atom stereocenters. The summed E-state index contributed by atoms with van der Waals surface area (Å²) in [6, 6.07) is 12.8. The lowest BCUT2D eigenvalue weighted by Gasteiger charge is -2.26. The Hall–Kier alpha value is -3.35. The molecule has 2 aromatic carbocycles. The maximum Gasteiger partial charge on any atom is 0.261 e. The van der Waals surface area contributed by atoms with Gasteiger partial charge in [-0.15, -0.1) is 0 Å². The molecule has 1 unspecified atom stereocenters. The van der Waals surface area contributed by atoms with Gasteiger partial charge in [-0.2, -0.15) is 0 Å². The smallest absolute Gasteiger partial charge is 0.261 e. The second-order valence-electron chi connectivity index (χ2n) is 7.05. The number of likely N-dealkylation sites (tertiary alicyclic amines) is 1. The molecule has 0 spiro atoms. The van der Waals surface area contributed by atoms with Gasteiger partial charge in [-0.1, -0.05) is 18.2 Å². The van der Waals surface area contributed by atoms with Crippen molar-refractivity contribution in [3.8, 4) is 11.5 Å². The number of nitrogens with zero attached hydrogens (tertiary/aromatic N) is 3. The zero-order chi connectivity index (χ0) is 20.4. The maximum absolute atomic E-state index is 13.0. The van der Waals surface area contributed by atoms with Crippen LogP contribution in [0.1, 0.15) is 24.4 Å². The number of hydrogen-bond donors (Lipinski definition) is 0. The summed E-state index contributed by atoms with van der Waals surface area (Å²) in [4.78, 5) is 31.9. The van der Waals surface area contributed by atoms with Gasteiger partial charge in [0.15, 0.2) is 11.5 Å². The molecule has 0 radical (unpaired) electrons. The molecule has 7 nitrogen and oxygen atoms in total. The molecule has 1 aromatic heterocycles. The summed E-state index contributed by atoms with van der Waals surface area (Å²) in [7, 11) is 3.19. The van der Waals surface area contributed by atoms with Crippen LogP contribution in [0.3, 0.4) is 0 Å². The van der Waals surface area contributed by atoms with Gasteiger partial charge < -0.3 is 14.4 Å². The quantitative estimate of drug-likeness (QED) is 0.666. The van der Waals surface area contributed by atoms with E-state index >= 15 is 0 Å². The SMILES string of the molecule is COc1ccc(C2CCCN2C(=O)Cn2cnc3ccccc3c2=O)cc1OC. The second-order valence-corrected chi connectivity index (χ2v) is 7.05. The van der Waals surface area contributed by atoms with E-state index < -0.39 is 0 Å². The highest BCUT2D eigenvalue weighted by Gasteiger charge is 2.30. The number of para-hydroxylation sites is 1. The number of carbonyl (C=O) groups excluding carboxylic acids is 1. The van der Waals surface area contributed by atoms with Crippen LogP contribution in [0.2, 0.25) is 0 Å². The zero-order valence-corrected chi connectivity index (χ0v) is 16.5. The average molecular weight is 393 g/mol. The normalized spacial score (nSPS) is 16.2. The van der Waals surface area contributed by atoms with Crippen molar-refractivity contribution >= 4 is 16.8 Å². The standard InChI is InChI=1S/C22H23N3O4/c1-28-19-10-9-15(12-20(19)29-2)18-8-5-11-25(18)21(26)13-24-14-23-17-7-4-3-6-16(17)22(24)27/h3-4,6-7,9-10,12,14,18H,5,8,11,13H2,1-2H3. The third-order valence-electron chi connectivity index (χ3n) is 5.40. The lowest BCUT2D eigenvalue weighted by molar-refractivity contribution is -0.132. The van der Waals surface area contributed by atoms with E-state index in [4.69, 9.17) is 9.47 Å². The van der Waals surface area contributed by atoms with Crippen LogP contribution in [-0.2, 0) is 11.3 Å². The third-order valence-corrected chi connectivity index (χ3v) is 5.40. The average Bonchev–Trinajstić information content (AvgIpc) is 3.25. The van der Waals surface area contributed by atoms with Gasteiger partial charge >= 0.3 is 0 Å². The number of carbonyl (C=O) groups is 1. The molecule has 0 bridgehead atoms. The van der Waals surface area contributed by atoms with Gasteiger partial charge in [-0.25, -0.2) is 4.98 Å². The summed E-state index contributed by atoms with van der Waals surface area (Å²) in [6.07, 6.45) is 3.23. The van der Waals surface area contributed by atoms with E-state index in [0.717, 1.165) is 18.4 Å². The molecular formula is C22H23N3O4. The molecular weight excluding hydrogens is 370 g/mol. The molecule has 29 heavy (non-hydrogen) atoms. The Bertz CT molecular complexity index is 1110. The fourth-order valence-corrected chi connectivity index (χ4v) is 3.93. The van der Waals surface area contributed by atoms with Gasteiger partial charge in [0, 0.05) is 6.54 Å². The monoisotopic (exact) mass is 393 g/mol. The van der Waals surface area contributed by atoms with Gasteiger partial charge in [-0.3, -0.25) is 14.2 Å². The van der Waals surface area contributed by atoms with E-state index in [1.54, 1.807) is 32.4 Å². The van der Waals surface area contributed by atoms with E-state index in [1.165, 1.54) is 10.9 Å². The highest BCUT2D eigenvalue weighted by atomic mass is 16.5. The van der Waals surface area contributed by atoms with Gasteiger partial charge in [-0.05, 0) is 42.7 Å². The summed E-state index contributed by atoms with van der Waals surface area (Å²) in [5, 5.41) is 0.515. The Balaban J connectivity index is 1.59. The van der Waals surface area contributed by atoms with Crippen molar-refractivity contribution in [3.63, 3.8) is 0 Å². The minimum absolute atomic E-state index is 0.0273. The van der Waals surface area contributed by atoms with Crippen molar-refractivity contribution in [1.82, 2.24) is 14.5 Å². The number of rotatable bonds is 5. The number of methoxy groups -OCH3 is 2. The minimum Gasteiger partial charge on any atom is -0.493 e. The lowest BCUT2D eigenvalue weighted by atomic mass is 10.0. The summed E-state index contributed by atoms with van der Waals surface area (Å²) in [6.45, 7) is 0.633. The summed E-state index contributed by atoms with van der Waals surface area (Å²) >= 11 is 0. The van der Waals surface area contributed by atoms with Gasteiger partial charge in [0.25, 0.3) is 5.56 Å². The van der Waals surface area contributed by atoms with Crippen molar-refractivity contribution in [2.75, 3.05) is 20.8 Å². The van der Waals surface area contributed by atoms with Crippen LogP contribution in [0.4, 0.5) is 0 Å². The number of benzene rings is 2. The fourth-order valence-electron chi connectivity index (χ4n) is 3.93. The van der Waals surface area contributed by atoms with Crippen molar-refractivity contribution in [3.05, 3.63) is 64.7 Å². The van der Waals surface area contributed by atoms with Gasteiger partial charge in [0.2, 0.25) is 5.91 Å². The Morgan fingerprint density at radius 2 is 1.93 bits per heavy atom. The molecule has 0 N–H and O–H groups in total. The Morgan fingerprint density at radius 1 is 1.14 bits per heavy atom. The molecule has 1 saturated heterocycles. The summed E-state index contributed by atoms with van der Waals surface area (Å²) < 4.78 is 12.1. The topological polar surface area (TPSA) is 73.7 Å². The molecule has 1 aliphatic heterocycles.